The number of rotatable bonds is 6. The maximum atomic E-state index is 12.4. The van der Waals surface area contributed by atoms with Crippen molar-refractivity contribution in [2.45, 2.75) is 13.3 Å². The van der Waals surface area contributed by atoms with E-state index in [0.29, 0.717) is 42.5 Å². The van der Waals surface area contributed by atoms with Crippen LogP contribution in [0.5, 0.6) is 5.75 Å². The van der Waals surface area contributed by atoms with Crippen molar-refractivity contribution in [3.05, 3.63) is 59.1 Å². The molecule has 1 saturated heterocycles. The molecular weight excluding hydrogens is 364 g/mol. The fraction of sp³-hybridized carbons (Fsp3) is 0.333. The molecule has 1 aliphatic heterocycles. The molecule has 142 valence electrons. The first-order valence-corrected chi connectivity index (χ1v) is 9.43. The Kier molecular flexibility index (Phi) is 6.35. The number of hydrogen-bond acceptors (Lipinski definition) is 4. The molecule has 1 aliphatic rings. The van der Waals surface area contributed by atoms with E-state index in [9.17, 15) is 9.59 Å². The lowest BCUT2D eigenvalue weighted by molar-refractivity contribution is -0.132. The number of carbonyl (C=O) groups excluding carboxylic acids is 2. The van der Waals surface area contributed by atoms with Gasteiger partial charge in [0, 0.05) is 42.5 Å². The summed E-state index contributed by atoms with van der Waals surface area (Å²) in [4.78, 5) is 27.9. The van der Waals surface area contributed by atoms with Crippen LogP contribution in [0.1, 0.15) is 23.7 Å². The van der Waals surface area contributed by atoms with Crippen molar-refractivity contribution >= 4 is 29.0 Å². The third kappa shape index (κ3) is 5.23. The Balaban J connectivity index is 1.43. The Morgan fingerprint density at radius 3 is 2.19 bits per heavy atom. The highest BCUT2D eigenvalue weighted by molar-refractivity contribution is 6.30. The van der Waals surface area contributed by atoms with Crippen LogP contribution in [0.3, 0.4) is 0 Å². The summed E-state index contributed by atoms with van der Waals surface area (Å²) in [5.41, 5.74) is 1.80. The number of benzene rings is 2. The molecule has 0 radical (unpaired) electrons. The predicted octanol–water partition coefficient (Wildman–Crippen LogP) is 3.66. The summed E-state index contributed by atoms with van der Waals surface area (Å²) < 4.78 is 5.60. The van der Waals surface area contributed by atoms with E-state index in [1.54, 1.807) is 31.2 Å². The van der Waals surface area contributed by atoms with Crippen LogP contribution in [0.4, 0.5) is 5.69 Å². The second-order valence-electron chi connectivity index (χ2n) is 6.52. The van der Waals surface area contributed by atoms with Gasteiger partial charge in [0.2, 0.25) is 5.91 Å². The summed E-state index contributed by atoms with van der Waals surface area (Å²) in [5.74, 6) is 0.888. The molecule has 27 heavy (non-hydrogen) atoms. The standard InChI is InChI=1S/C21H23ClN2O3/c1-16(25)17-2-6-19(7-3-17)23-11-13-24(14-12-23)21(26)10-15-27-20-8-4-18(22)5-9-20/h2-9H,10-15H2,1H3. The van der Waals surface area contributed by atoms with Gasteiger partial charge in [-0.25, -0.2) is 0 Å². The predicted molar refractivity (Wildman–Crippen MR) is 107 cm³/mol. The molecule has 1 fully saturated rings. The number of amides is 1. The maximum absolute atomic E-state index is 12.4. The van der Waals surface area contributed by atoms with E-state index < -0.39 is 0 Å². The summed E-state index contributed by atoms with van der Waals surface area (Å²) in [5, 5.41) is 0.659. The van der Waals surface area contributed by atoms with Crippen molar-refractivity contribution in [1.29, 1.82) is 0 Å². The molecule has 2 aromatic rings. The number of ketones is 1. The van der Waals surface area contributed by atoms with Crippen LogP contribution in [0.15, 0.2) is 48.5 Å². The summed E-state index contributed by atoms with van der Waals surface area (Å²) in [6.07, 6.45) is 0.357. The monoisotopic (exact) mass is 386 g/mol. The van der Waals surface area contributed by atoms with Crippen LogP contribution < -0.4 is 9.64 Å². The zero-order valence-electron chi connectivity index (χ0n) is 15.4. The highest BCUT2D eigenvalue weighted by Gasteiger charge is 2.21. The molecule has 0 saturated carbocycles. The SMILES string of the molecule is CC(=O)c1ccc(N2CCN(C(=O)CCOc3ccc(Cl)cc3)CC2)cc1. The number of halogens is 1. The molecule has 0 N–H and O–H groups in total. The lowest BCUT2D eigenvalue weighted by Gasteiger charge is -2.36. The highest BCUT2D eigenvalue weighted by Crippen LogP contribution is 2.18. The van der Waals surface area contributed by atoms with E-state index in [1.807, 2.05) is 29.2 Å². The number of Topliss-reactive ketones (excluding diaryl/α,β-unsaturated/α-hetero) is 1. The van der Waals surface area contributed by atoms with Gasteiger partial charge in [0.25, 0.3) is 0 Å². The van der Waals surface area contributed by atoms with Gasteiger partial charge in [-0.3, -0.25) is 9.59 Å². The first-order valence-electron chi connectivity index (χ1n) is 9.05. The number of nitrogens with zero attached hydrogens (tertiary/aromatic N) is 2. The van der Waals surface area contributed by atoms with Crippen LogP contribution >= 0.6 is 11.6 Å². The number of hydrogen-bond donors (Lipinski definition) is 0. The molecular formula is C21H23ClN2O3. The summed E-state index contributed by atoms with van der Waals surface area (Å²) >= 11 is 5.84. The lowest BCUT2D eigenvalue weighted by Crippen LogP contribution is -2.49. The van der Waals surface area contributed by atoms with Crippen molar-refractivity contribution < 1.29 is 14.3 Å². The summed E-state index contributed by atoms with van der Waals surface area (Å²) in [7, 11) is 0. The first-order chi connectivity index (χ1) is 13.0. The Morgan fingerprint density at radius 1 is 0.963 bits per heavy atom. The van der Waals surface area contributed by atoms with Gasteiger partial charge in [0.1, 0.15) is 5.75 Å². The minimum atomic E-state index is 0.0674. The molecule has 1 amide bonds. The van der Waals surface area contributed by atoms with E-state index in [0.717, 1.165) is 18.8 Å². The fourth-order valence-corrected chi connectivity index (χ4v) is 3.19. The molecule has 0 aromatic heterocycles. The summed E-state index contributed by atoms with van der Waals surface area (Å²) in [6.45, 7) is 4.86. The van der Waals surface area contributed by atoms with Crippen LogP contribution in [-0.2, 0) is 4.79 Å². The van der Waals surface area contributed by atoms with Crippen molar-refractivity contribution in [1.82, 2.24) is 4.90 Å². The largest absolute Gasteiger partial charge is 0.493 e. The normalized spacial score (nSPS) is 14.1. The van der Waals surface area contributed by atoms with Gasteiger partial charge in [0.05, 0.1) is 13.0 Å². The average Bonchev–Trinajstić information content (AvgIpc) is 2.69. The molecule has 0 aliphatic carbocycles. The average molecular weight is 387 g/mol. The molecule has 3 rings (SSSR count). The van der Waals surface area contributed by atoms with Crippen molar-refractivity contribution in [3.8, 4) is 5.75 Å². The van der Waals surface area contributed by atoms with Gasteiger partial charge in [-0.05, 0) is 55.5 Å². The minimum absolute atomic E-state index is 0.0674. The van der Waals surface area contributed by atoms with Crippen molar-refractivity contribution in [2.75, 3.05) is 37.7 Å². The molecule has 5 nitrogen and oxygen atoms in total. The number of anilines is 1. The molecule has 2 aromatic carbocycles. The second-order valence-corrected chi connectivity index (χ2v) is 6.96. The van der Waals surface area contributed by atoms with Crippen LogP contribution in [0, 0.1) is 0 Å². The molecule has 0 atom stereocenters. The topological polar surface area (TPSA) is 49.9 Å². The number of ether oxygens (including phenoxy) is 1. The van der Waals surface area contributed by atoms with Crippen molar-refractivity contribution in [2.24, 2.45) is 0 Å². The first kappa shape index (κ1) is 19.2. The molecule has 1 heterocycles. The van der Waals surface area contributed by atoms with Gasteiger partial charge in [0.15, 0.2) is 5.78 Å². The van der Waals surface area contributed by atoms with Crippen LogP contribution in [0.25, 0.3) is 0 Å². The third-order valence-electron chi connectivity index (χ3n) is 4.67. The van der Waals surface area contributed by atoms with Gasteiger partial charge in [-0.2, -0.15) is 0 Å². The molecule has 6 heteroatoms. The van der Waals surface area contributed by atoms with Crippen LogP contribution in [-0.4, -0.2) is 49.4 Å². The van der Waals surface area contributed by atoms with Crippen molar-refractivity contribution in [3.63, 3.8) is 0 Å². The zero-order valence-corrected chi connectivity index (χ0v) is 16.1. The molecule has 0 unspecified atom stereocenters. The third-order valence-corrected chi connectivity index (χ3v) is 4.92. The molecule has 0 spiro atoms. The Labute approximate surface area is 164 Å². The van der Waals surface area contributed by atoms with Gasteiger partial charge >= 0.3 is 0 Å². The van der Waals surface area contributed by atoms with Gasteiger partial charge in [-0.1, -0.05) is 11.6 Å². The zero-order chi connectivity index (χ0) is 19.2. The van der Waals surface area contributed by atoms with Crippen LogP contribution in [0.2, 0.25) is 5.02 Å². The van der Waals surface area contributed by atoms with E-state index in [-0.39, 0.29) is 11.7 Å². The van der Waals surface area contributed by atoms with Gasteiger partial charge in [-0.15, -0.1) is 0 Å². The Hall–Kier alpha value is -2.53. The summed E-state index contributed by atoms with van der Waals surface area (Å²) in [6, 6.07) is 14.8. The lowest BCUT2D eigenvalue weighted by atomic mass is 10.1. The minimum Gasteiger partial charge on any atom is -0.493 e. The number of piperazine rings is 1. The smallest absolute Gasteiger partial charge is 0.226 e. The van der Waals surface area contributed by atoms with Gasteiger partial charge < -0.3 is 14.5 Å². The van der Waals surface area contributed by atoms with E-state index in [2.05, 4.69) is 4.90 Å². The maximum Gasteiger partial charge on any atom is 0.226 e. The number of carbonyl (C=O) groups is 2. The Morgan fingerprint density at radius 2 is 1.59 bits per heavy atom. The molecule has 0 bridgehead atoms. The second kappa shape index (κ2) is 8.91. The fourth-order valence-electron chi connectivity index (χ4n) is 3.07. The Bertz CT molecular complexity index is 782. The van der Waals surface area contributed by atoms with E-state index >= 15 is 0 Å². The van der Waals surface area contributed by atoms with E-state index in [4.69, 9.17) is 16.3 Å². The highest BCUT2D eigenvalue weighted by atomic mass is 35.5. The van der Waals surface area contributed by atoms with E-state index in [1.165, 1.54) is 0 Å². The quantitative estimate of drug-likeness (QED) is 0.711.